The molecular formula is C20H24N2O4. The van der Waals surface area contributed by atoms with E-state index >= 15 is 0 Å². The molecule has 1 N–H and O–H groups in total. The first-order valence-electron chi connectivity index (χ1n) is 8.28. The zero-order valence-electron chi connectivity index (χ0n) is 15.5. The van der Waals surface area contributed by atoms with Crippen LogP contribution >= 0.6 is 0 Å². The highest BCUT2D eigenvalue weighted by Crippen LogP contribution is 2.26. The number of nitrogens with one attached hydrogen (secondary N) is 1. The second kappa shape index (κ2) is 9.01. The first-order chi connectivity index (χ1) is 12.4. The van der Waals surface area contributed by atoms with E-state index in [9.17, 15) is 9.59 Å². The zero-order valence-corrected chi connectivity index (χ0v) is 15.5. The molecular weight excluding hydrogens is 332 g/mol. The third-order valence-electron chi connectivity index (χ3n) is 3.82. The van der Waals surface area contributed by atoms with Crippen molar-refractivity contribution in [3.05, 3.63) is 59.7 Å². The number of anilines is 1. The number of methoxy groups -OCH3 is 1. The number of amides is 2. The molecule has 2 amide bonds. The fourth-order valence-corrected chi connectivity index (χ4v) is 2.30. The Balaban J connectivity index is 2.06. The summed E-state index contributed by atoms with van der Waals surface area (Å²) in [5.74, 6) is 0.00845. The molecule has 6 heteroatoms. The summed E-state index contributed by atoms with van der Waals surface area (Å²) in [5, 5.41) is 2.77. The normalized spacial score (nSPS) is 11.5. The maximum absolute atomic E-state index is 12.4. The van der Waals surface area contributed by atoms with Crippen LogP contribution in [-0.4, -0.2) is 44.0 Å². The van der Waals surface area contributed by atoms with E-state index in [-0.39, 0.29) is 11.8 Å². The third kappa shape index (κ3) is 5.07. The Hall–Kier alpha value is -2.86. The average molecular weight is 356 g/mol. The van der Waals surface area contributed by atoms with Gasteiger partial charge in [-0.05, 0) is 30.7 Å². The number of benzene rings is 2. The van der Waals surface area contributed by atoms with Crippen molar-refractivity contribution in [1.29, 1.82) is 0 Å². The second-order valence-electron chi connectivity index (χ2n) is 6.04. The van der Waals surface area contributed by atoms with Crippen molar-refractivity contribution in [3.63, 3.8) is 0 Å². The van der Waals surface area contributed by atoms with Gasteiger partial charge in [-0.2, -0.15) is 0 Å². The average Bonchev–Trinajstić information content (AvgIpc) is 2.66. The van der Waals surface area contributed by atoms with Crippen molar-refractivity contribution in [2.45, 2.75) is 19.6 Å². The molecule has 0 bridgehead atoms. The molecule has 1 atom stereocenters. The topological polar surface area (TPSA) is 67.9 Å². The molecule has 2 rings (SSSR count). The molecule has 0 radical (unpaired) electrons. The van der Waals surface area contributed by atoms with Crippen LogP contribution in [0.25, 0.3) is 0 Å². The number of carbonyl (C=O) groups is 2. The highest BCUT2D eigenvalue weighted by Gasteiger charge is 2.18. The molecule has 0 saturated carbocycles. The molecule has 138 valence electrons. The van der Waals surface area contributed by atoms with Gasteiger partial charge in [-0.3, -0.25) is 9.59 Å². The van der Waals surface area contributed by atoms with Gasteiger partial charge < -0.3 is 19.7 Å². The lowest BCUT2D eigenvalue weighted by Crippen LogP contribution is -2.28. The van der Waals surface area contributed by atoms with E-state index < -0.39 is 6.10 Å². The molecule has 6 nitrogen and oxygen atoms in total. The second-order valence-corrected chi connectivity index (χ2v) is 6.04. The van der Waals surface area contributed by atoms with Gasteiger partial charge in [0, 0.05) is 19.7 Å². The number of nitrogens with zero attached hydrogens (tertiary/aromatic N) is 1. The largest absolute Gasteiger partial charge is 0.495 e. The Morgan fingerprint density at radius 1 is 1.12 bits per heavy atom. The SMILES string of the molecule is COc1ccc(C(=O)N(C)C)cc1NC(=O)C(C)OCc1ccccc1. The Morgan fingerprint density at radius 3 is 2.42 bits per heavy atom. The Kier molecular flexibility index (Phi) is 6.74. The zero-order chi connectivity index (χ0) is 19.1. The first-order valence-corrected chi connectivity index (χ1v) is 8.28. The molecule has 0 aliphatic rings. The minimum absolute atomic E-state index is 0.156. The van der Waals surface area contributed by atoms with Crippen LogP contribution in [0.3, 0.4) is 0 Å². The summed E-state index contributed by atoms with van der Waals surface area (Å²) in [4.78, 5) is 26.0. The quantitative estimate of drug-likeness (QED) is 0.828. The van der Waals surface area contributed by atoms with Crippen LogP contribution in [0, 0.1) is 0 Å². The maximum Gasteiger partial charge on any atom is 0.253 e. The van der Waals surface area contributed by atoms with Gasteiger partial charge in [-0.15, -0.1) is 0 Å². The lowest BCUT2D eigenvalue weighted by Gasteiger charge is -2.17. The first kappa shape index (κ1) is 19.5. The molecule has 0 saturated heterocycles. The van der Waals surface area contributed by atoms with Gasteiger partial charge in [0.15, 0.2) is 0 Å². The summed E-state index contributed by atoms with van der Waals surface area (Å²) < 4.78 is 10.9. The molecule has 1 unspecified atom stereocenters. The van der Waals surface area contributed by atoms with Crippen LogP contribution < -0.4 is 10.1 Å². The summed E-state index contributed by atoms with van der Waals surface area (Å²) >= 11 is 0. The van der Waals surface area contributed by atoms with Crippen LogP contribution in [0.2, 0.25) is 0 Å². The van der Waals surface area contributed by atoms with Crippen molar-refractivity contribution >= 4 is 17.5 Å². The van der Waals surface area contributed by atoms with Crippen LogP contribution in [0.1, 0.15) is 22.8 Å². The molecule has 0 heterocycles. The van der Waals surface area contributed by atoms with Crippen molar-refractivity contribution < 1.29 is 19.1 Å². The molecule has 2 aromatic carbocycles. The van der Waals surface area contributed by atoms with Crippen molar-refractivity contribution in [1.82, 2.24) is 4.90 Å². The molecule has 0 aliphatic carbocycles. The fourth-order valence-electron chi connectivity index (χ4n) is 2.30. The van der Waals surface area contributed by atoms with Crippen molar-refractivity contribution in [2.24, 2.45) is 0 Å². The predicted octanol–water partition coefficient (Wildman–Crippen LogP) is 2.94. The molecule has 0 spiro atoms. The number of carbonyl (C=O) groups excluding carboxylic acids is 2. The number of hydrogen-bond donors (Lipinski definition) is 1. The van der Waals surface area contributed by atoms with E-state index in [4.69, 9.17) is 9.47 Å². The minimum atomic E-state index is -0.659. The predicted molar refractivity (Wildman–Crippen MR) is 100 cm³/mol. The number of hydrogen-bond acceptors (Lipinski definition) is 4. The highest BCUT2D eigenvalue weighted by atomic mass is 16.5. The fraction of sp³-hybridized carbons (Fsp3) is 0.300. The highest BCUT2D eigenvalue weighted by molar-refractivity contribution is 5.99. The van der Waals surface area contributed by atoms with E-state index in [1.165, 1.54) is 12.0 Å². The number of rotatable bonds is 7. The third-order valence-corrected chi connectivity index (χ3v) is 3.82. The molecule has 0 aromatic heterocycles. The maximum atomic E-state index is 12.4. The Morgan fingerprint density at radius 2 is 1.81 bits per heavy atom. The van der Waals surface area contributed by atoms with Gasteiger partial charge in [0.25, 0.3) is 11.8 Å². The van der Waals surface area contributed by atoms with Crippen LogP contribution in [0.4, 0.5) is 5.69 Å². The minimum Gasteiger partial charge on any atom is -0.495 e. The van der Waals surface area contributed by atoms with Crippen LogP contribution in [0.15, 0.2) is 48.5 Å². The summed E-state index contributed by atoms with van der Waals surface area (Å²) in [6.07, 6.45) is -0.659. The van der Waals surface area contributed by atoms with Gasteiger partial charge in [-0.1, -0.05) is 30.3 Å². The summed E-state index contributed by atoms with van der Waals surface area (Å²) in [6.45, 7) is 2.02. The van der Waals surface area contributed by atoms with Crippen LogP contribution in [0.5, 0.6) is 5.75 Å². The smallest absolute Gasteiger partial charge is 0.253 e. The van der Waals surface area contributed by atoms with Gasteiger partial charge in [0.05, 0.1) is 19.4 Å². The van der Waals surface area contributed by atoms with E-state index in [1.807, 2.05) is 30.3 Å². The summed E-state index contributed by atoms with van der Waals surface area (Å²) in [7, 11) is 4.85. The van der Waals surface area contributed by atoms with Gasteiger partial charge >= 0.3 is 0 Å². The molecule has 26 heavy (non-hydrogen) atoms. The van der Waals surface area contributed by atoms with E-state index in [1.54, 1.807) is 39.2 Å². The van der Waals surface area contributed by atoms with Crippen molar-refractivity contribution in [2.75, 3.05) is 26.5 Å². The summed E-state index contributed by atoms with van der Waals surface area (Å²) in [6, 6.07) is 14.5. The van der Waals surface area contributed by atoms with Gasteiger partial charge in [0.2, 0.25) is 0 Å². The van der Waals surface area contributed by atoms with E-state index in [0.29, 0.717) is 23.6 Å². The molecule has 0 aliphatic heterocycles. The van der Waals surface area contributed by atoms with E-state index in [2.05, 4.69) is 5.32 Å². The molecule has 2 aromatic rings. The van der Waals surface area contributed by atoms with Gasteiger partial charge in [0.1, 0.15) is 11.9 Å². The van der Waals surface area contributed by atoms with Gasteiger partial charge in [-0.25, -0.2) is 0 Å². The Bertz CT molecular complexity index is 760. The number of ether oxygens (including phenoxy) is 2. The monoisotopic (exact) mass is 356 g/mol. The van der Waals surface area contributed by atoms with Crippen LogP contribution in [-0.2, 0) is 16.1 Å². The lowest BCUT2D eigenvalue weighted by atomic mass is 10.1. The van der Waals surface area contributed by atoms with E-state index in [0.717, 1.165) is 5.56 Å². The van der Waals surface area contributed by atoms with Crippen molar-refractivity contribution in [3.8, 4) is 5.75 Å². The lowest BCUT2D eigenvalue weighted by molar-refractivity contribution is -0.127. The molecule has 0 fully saturated rings. The standard InChI is InChI=1S/C20H24N2O4/c1-14(26-13-15-8-6-5-7-9-15)19(23)21-17-12-16(20(24)22(2)3)10-11-18(17)25-4/h5-12,14H,13H2,1-4H3,(H,21,23). The Labute approximate surface area is 153 Å². The summed E-state index contributed by atoms with van der Waals surface area (Å²) in [5.41, 5.74) is 1.88.